The molecule has 1 unspecified atom stereocenters. The van der Waals surface area contributed by atoms with E-state index in [2.05, 4.69) is 10.3 Å². The van der Waals surface area contributed by atoms with E-state index in [-0.39, 0.29) is 0 Å². The molecule has 1 rings (SSSR count). The van der Waals surface area contributed by atoms with Crippen molar-refractivity contribution < 1.29 is 9.84 Å². The Morgan fingerprint density at radius 3 is 3.00 bits per heavy atom. The number of pyridine rings is 1. The normalized spacial score (nSPS) is 12.5. The van der Waals surface area contributed by atoms with Crippen molar-refractivity contribution >= 4 is 11.5 Å². The Kier molecular flexibility index (Phi) is 4.33. The molecule has 0 saturated heterocycles. The molecule has 5 nitrogen and oxygen atoms in total. The number of hydrogen-bond donors (Lipinski definition) is 3. The van der Waals surface area contributed by atoms with E-state index in [0.29, 0.717) is 24.7 Å². The summed E-state index contributed by atoms with van der Waals surface area (Å²) >= 11 is 0. The first kappa shape index (κ1) is 11.7. The third kappa shape index (κ3) is 3.73. The molecule has 0 bridgehead atoms. The van der Waals surface area contributed by atoms with Crippen molar-refractivity contribution in [3.05, 3.63) is 17.8 Å². The van der Waals surface area contributed by atoms with Crippen LogP contribution in [0.1, 0.15) is 5.69 Å². The minimum atomic E-state index is -0.559. The van der Waals surface area contributed by atoms with E-state index in [1.807, 2.05) is 13.0 Å². The minimum Gasteiger partial charge on any atom is -0.396 e. The lowest BCUT2D eigenvalue weighted by molar-refractivity contribution is 0.0727. The van der Waals surface area contributed by atoms with Gasteiger partial charge in [0.25, 0.3) is 0 Å². The summed E-state index contributed by atoms with van der Waals surface area (Å²) in [5, 5.41) is 12.4. The van der Waals surface area contributed by atoms with E-state index < -0.39 is 6.10 Å². The lowest BCUT2D eigenvalue weighted by atomic mass is 10.3. The van der Waals surface area contributed by atoms with Crippen molar-refractivity contribution in [1.82, 2.24) is 4.98 Å². The Bertz CT molecular complexity index is 318. The molecule has 0 spiro atoms. The van der Waals surface area contributed by atoms with Crippen LogP contribution in [0.5, 0.6) is 0 Å². The minimum absolute atomic E-state index is 0.290. The summed E-state index contributed by atoms with van der Waals surface area (Å²) in [5.74, 6) is 0.602. The van der Waals surface area contributed by atoms with E-state index >= 15 is 0 Å². The van der Waals surface area contributed by atoms with Gasteiger partial charge in [0, 0.05) is 19.3 Å². The Balaban J connectivity index is 2.53. The number of aryl methyl sites for hydroxylation is 1. The van der Waals surface area contributed by atoms with Crippen molar-refractivity contribution in [2.45, 2.75) is 13.0 Å². The van der Waals surface area contributed by atoms with Gasteiger partial charge in [-0.1, -0.05) is 0 Å². The number of rotatable bonds is 5. The number of nitrogens with two attached hydrogens (primary N) is 1. The first-order chi connectivity index (χ1) is 7.13. The van der Waals surface area contributed by atoms with Crippen LogP contribution in [0, 0.1) is 6.92 Å². The number of nitrogens with zero attached hydrogens (tertiary/aromatic N) is 1. The van der Waals surface area contributed by atoms with Crippen LogP contribution < -0.4 is 11.1 Å². The SMILES string of the molecule is COCC(O)CNc1nc(C)ccc1N. The van der Waals surface area contributed by atoms with E-state index in [1.54, 1.807) is 13.2 Å². The van der Waals surface area contributed by atoms with Crippen LogP contribution >= 0.6 is 0 Å². The van der Waals surface area contributed by atoms with Gasteiger partial charge in [-0.3, -0.25) is 0 Å². The highest BCUT2D eigenvalue weighted by molar-refractivity contribution is 5.61. The third-order valence-electron chi connectivity index (χ3n) is 1.93. The number of methoxy groups -OCH3 is 1. The van der Waals surface area contributed by atoms with Crippen LogP contribution in [-0.2, 0) is 4.74 Å². The van der Waals surface area contributed by atoms with Crippen molar-refractivity contribution in [2.24, 2.45) is 0 Å². The summed E-state index contributed by atoms with van der Waals surface area (Å²) in [6, 6.07) is 3.62. The quantitative estimate of drug-likeness (QED) is 0.656. The average molecular weight is 211 g/mol. The molecule has 0 aliphatic carbocycles. The summed E-state index contributed by atoms with van der Waals surface area (Å²) in [7, 11) is 1.54. The highest BCUT2D eigenvalue weighted by atomic mass is 16.5. The van der Waals surface area contributed by atoms with Gasteiger partial charge in [0.05, 0.1) is 18.4 Å². The Morgan fingerprint density at radius 2 is 2.33 bits per heavy atom. The van der Waals surface area contributed by atoms with Crippen LogP contribution in [-0.4, -0.2) is 36.5 Å². The van der Waals surface area contributed by atoms with Gasteiger partial charge in [-0.15, -0.1) is 0 Å². The molecular formula is C10H17N3O2. The molecule has 0 saturated carbocycles. The lowest BCUT2D eigenvalue weighted by Gasteiger charge is -2.12. The number of hydrogen-bond acceptors (Lipinski definition) is 5. The molecule has 1 aromatic heterocycles. The molecule has 5 heteroatoms. The Morgan fingerprint density at radius 1 is 1.60 bits per heavy atom. The zero-order chi connectivity index (χ0) is 11.3. The van der Waals surface area contributed by atoms with Crippen LogP contribution in [0.25, 0.3) is 0 Å². The van der Waals surface area contributed by atoms with Crippen molar-refractivity contribution in [3.8, 4) is 0 Å². The molecule has 15 heavy (non-hydrogen) atoms. The number of anilines is 2. The van der Waals surface area contributed by atoms with Crippen LogP contribution in [0.15, 0.2) is 12.1 Å². The molecule has 0 aromatic carbocycles. The number of aromatic nitrogens is 1. The van der Waals surface area contributed by atoms with Crippen molar-refractivity contribution in [3.63, 3.8) is 0 Å². The second-order valence-corrected chi connectivity index (χ2v) is 3.38. The summed E-state index contributed by atoms with van der Waals surface area (Å²) < 4.78 is 4.80. The first-order valence-corrected chi connectivity index (χ1v) is 4.77. The number of nitrogen functional groups attached to an aromatic ring is 1. The predicted molar refractivity (Wildman–Crippen MR) is 59.8 cm³/mol. The number of nitrogens with one attached hydrogen (secondary N) is 1. The maximum atomic E-state index is 9.41. The van der Waals surface area contributed by atoms with Gasteiger partial charge in [0.1, 0.15) is 5.82 Å². The first-order valence-electron chi connectivity index (χ1n) is 4.77. The molecule has 84 valence electrons. The zero-order valence-electron chi connectivity index (χ0n) is 9.03. The zero-order valence-corrected chi connectivity index (χ0v) is 9.03. The topological polar surface area (TPSA) is 80.4 Å². The fourth-order valence-corrected chi connectivity index (χ4v) is 1.17. The van der Waals surface area contributed by atoms with E-state index in [4.69, 9.17) is 10.5 Å². The van der Waals surface area contributed by atoms with Crippen LogP contribution in [0.3, 0.4) is 0 Å². The maximum absolute atomic E-state index is 9.41. The van der Waals surface area contributed by atoms with E-state index in [0.717, 1.165) is 5.69 Å². The van der Waals surface area contributed by atoms with Crippen LogP contribution in [0.2, 0.25) is 0 Å². The summed E-state index contributed by atoms with van der Waals surface area (Å²) in [5.41, 5.74) is 7.17. The maximum Gasteiger partial charge on any atom is 0.149 e. The lowest BCUT2D eigenvalue weighted by Crippen LogP contribution is -2.24. The second-order valence-electron chi connectivity index (χ2n) is 3.38. The van der Waals surface area contributed by atoms with Gasteiger partial charge in [-0.05, 0) is 19.1 Å². The molecule has 0 radical (unpaired) electrons. The van der Waals surface area contributed by atoms with Crippen molar-refractivity contribution in [1.29, 1.82) is 0 Å². The average Bonchev–Trinajstić information content (AvgIpc) is 2.20. The molecule has 1 heterocycles. The second kappa shape index (κ2) is 5.53. The summed E-state index contributed by atoms with van der Waals surface area (Å²) in [4.78, 5) is 4.22. The molecule has 0 fully saturated rings. The highest BCUT2D eigenvalue weighted by Crippen LogP contribution is 2.14. The molecule has 4 N–H and O–H groups in total. The van der Waals surface area contributed by atoms with E-state index in [9.17, 15) is 5.11 Å². The number of aliphatic hydroxyl groups is 1. The molecule has 1 atom stereocenters. The summed E-state index contributed by atoms with van der Waals surface area (Å²) in [6.45, 7) is 2.55. The summed E-state index contributed by atoms with van der Waals surface area (Å²) in [6.07, 6.45) is -0.559. The highest BCUT2D eigenvalue weighted by Gasteiger charge is 2.05. The van der Waals surface area contributed by atoms with Gasteiger partial charge in [0.2, 0.25) is 0 Å². The van der Waals surface area contributed by atoms with Gasteiger partial charge < -0.3 is 20.9 Å². The number of aliphatic hydroxyl groups excluding tert-OH is 1. The van der Waals surface area contributed by atoms with Gasteiger partial charge >= 0.3 is 0 Å². The molecule has 0 aliphatic heterocycles. The fourth-order valence-electron chi connectivity index (χ4n) is 1.17. The molecule has 1 aromatic rings. The molecule has 0 aliphatic rings. The van der Waals surface area contributed by atoms with Crippen molar-refractivity contribution in [2.75, 3.05) is 31.3 Å². The Labute approximate surface area is 89.3 Å². The largest absolute Gasteiger partial charge is 0.396 e. The van der Waals surface area contributed by atoms with E-state index in [1.165, 1.54) is 0 Å². The van der Waals surface area contributed by atoms with Gasteiger partial charge in [0.15, 0.2) is 0 Å². The monoisotopic (exact) mass is 211 g/mol. The van der Waals surface area contributed by atoms with Crippen LogP contribution in [0.4, 0.5) is 11.5 Å². The molecule has 0 amide bonds. The fraction of sp³-hybridized carbons (Fsp3) is 0.500. The predicted octanol–water partition coefficient (Wildman–Crippen LogP) is 0.391. The standard InChI is InChI=1S/C10H17N3O2/c1-7-3-4-9(11)10(13-7)12-5-8(14)6-15-2/h3-4,8,14H,5-6,11H2,1-2H3,(H,12,13). The van der Waals surface area contributed by atoms with Gasteiger partial charge in [-0.25, -0.2) is 4.98 Å². The Hall–Kier alpha value is -1.33. The third-order valence-corrected chi connectivity index (χ3v) is 1.93. The molecular weight excluding hydrogens is 194 g/mol. The van der Waals surface area contributed by atoms with Gasteiger partial charge in [-0.2, -0.15) is 0 Å². The number of ether oxygens (including phenoxy) is 1. The smallest absolute Gasteiger partial charge is 0.149 e.